The first-order valence-corrected chi connectivity index (χ1v) is 5.25. The molecule has 0 fully saturated rings. The lowest BCUT2D eigenvalue weighted by atomic mass is 10.1. The first-order valence-electron chi connectivity index (χ1n) is 5.25. The molecule has 110 valence electrons. The van der Waals surface area contributed by atoms with Gasteiger partial charge in [0.1, 0.15) is 11.6 Å². The quantitative estimate of drug-likeness (QED) is 0.677. The van der Waals surface area contributed by atoms with Gasteiger partial charge in [0, 0.05) is 0 Å². The number of ether oxygens (including phenoxy) is 1. The van der Waals surface area contributed by atoms with Gasteiger partial charge >= 0.3 is 18.0 Å². The van der Waals surface area contributed by atoms with Crippen molar-refractivity contribution in [3.05, 3.63) is 0 Å². The second kappa shape index (κ2) is 5.81. The predicted molar refractivity (Wildman–Crippen MR) is 59.6 cm³/mol. The minimum absolute atomic E-state index is 0.917. The van der Waals surface area contributed by atoms with Crippen molar-refractivity contribution in [3.63, 3.8) is 0 Å². The zero-order chi connectivity index (χ0) is 15.4. The molecule has 0 aromatic heterocycles. The number of aliphatic carboxylic acids is 1. The number of alkyl carbamates (subject to hydrolysis) is 1. The normalized spacial score (nSPS) is 13.5. The molecule has 7 nitrogen and oxygen atoms in total. The number of carboxylic acid groups (broad SMARTS) is 1. The molecule has 9 heteroatoms. The summed E-state index contributed by atoms with van der Waals surface area (Å²) in [7, 11) is 0. The highest BCUT2D eigenvalue weighted by molar-refractivity contribution is 5.84. The lowest BCUT2D eigenvalue weighted by molar-refractivity contribution is -0.149. The topological polar surface area (TPSA) is 119 Å². The average molecular weight is 282 g/mol. The van der Waals surface area contributed by atoms with Gasteiger partial charge in [-0.15, -0.1) is 0 Å². The molecule has 0 saturated heterocycles. The molecule has 0 aliphatic heterocycles. The number of primary amides is 1. The van der Waals surface area contributed by atoms with E-state index in [9.17, 15) is 23.2 Å². The molecule has 0 aliphatic rings. The largest absolute Gasteiger partial charge is 0.480 e. The van der Waals surface area contributed by atoms with Crippen molar-refractivity contribution < 1.29 is 33.0 Å². The molecular formula is C10H16F2N2O5. The summed E-state index contributed by atoms with van der Waals surface area (Å²) in [5.74, 6) is -7.74. The fraction of sp³-hybridized carbons (Fsp3) is 0.700. The molecule has 0 spiro atoms. The Balaban J connectivity index is 4.74. The van der Waals surface area contributed by atoms with Crippen LogP contribution in [0.1, 0.15) is 27.2 Å². The van der Waals surface area contributed by atoms with Crippen molar-refractivity contribution in [1.82, 2.24) is 5.32 Å². The number of nitrogens with two attached hydrogens (primary N) is 1. The number of rotatable bonds is 5. The first-order chi connectivity index (χ1) is 8.35. The highest BCUT2D eigenvalue weighted by atomic mass is 19.3. The molecule has 0 rings (SSSR count). The van der Waals surface area contributed by atoms with Gasteiger partial charge in [-0.25, -0.2) is 9.59 Å². The molecule has 0 heterocycles. The van der Waals surface area contributed by atoms with Gasteiger partial charge in [-0.1, -0.05) is 0 Å². The van der Waals surface area contributed by atoms with E-state index in [2.05, 4.69) is 5.73 Å². The lowest BCUT2D eigenvalue weighted by Gasteiger charge is -2.23. The van der Waals surface area contributed by atoms with E-state index in [0.29, 0.717) is 0 Å². The van der Waals surface area contributed by atoms with E-state index in [1.54, 1.807) is 5.32 Å². The van der Waals surface area contributed by atoms with Crippen LogP contribution in [0.2, 0.25) is 0 Å². The Labute approximate surface area is 108 Å². The van der Waals surface area contributed by atoms with Crippen molar-refractivity contribution in [1.29, 1.82) is 0 Å². The van der Waals surface area contributed by atoms with Crippen LogP contribution in [0.3, 0.4) is 0 Å². The molecule has 0 aromatic carbocycles. The Morgan fingerprint density at radius 3 is 2.11 bits per heavy atom. The van der Waals surface area contributed by atoms with E-state index in [4.69, 9.17) is 9.84 Å². The molecule has 1 unspecified atom stereocenters. The number of carbonyl (C=O) groups is 3. The zero-order valence-corrected chi connectivity index (χ0v) is 10.7. The number of nitrogens with one attached hydrogen (secondary N) is 1. The van der Waals surface area contributed by atoms with Gasteiger partial charge in [0.05, 0.1) is 6.42 Å². The van der Waals surface area contributed by atoms with Gasteiger partial charge in [-0.3, -0.25) is 4.79 Å². The third-order valence-electron chi connectivity index (χ3n) is 1.81. The summed E-state index contributed by atoms with van der Waals surface area (Å²) in [6.07, 6.45) is -2.63. The minimum Gasteiger partial charge on any atom is -0.480 e. The Kier molecular flexibility index (Phi) is 5.22. The second-order valence-corrected chi connectivity index (χ2v) is 4.81. The van der Waals surface area contributed by atoms with Crippen LogP contribution >= 0.6 is 0 Å². The van der Waals surface area contributed by atoms with Crippen molar-refractivity contribution >= 4 is 18.0 Å². The number of amides is 2. The summed E-state index contributed by atoms with van der Waals surface area (Å²) in [5.41, 5.74) is 3.51. The van der Waals surface area contributed by atoms with Crippen molar-refractivity contribution in [2.45, 2.75) is 44.8 Å². The smallest absolute Gasteiger partial charge is 0.408 e. The van der Waals surface area contributed by atoms with Crippen molar-refractivity contribution in [2.24, 2.45) is 5.73 Å². The highest BCUT2D eigenvalue weighted by Crippen LogP contribution is 2.20. The molecule has 0 saturated carbocycles. The van der Waals surface area contributed by atoms with E-state index in [1.165, 1.54) is 20.8 Å². The summed E-state index contributed by atoms with van der Waals surface area (Å²) in [6.45, 7) is 4.54. The second-order valence-electron chi connectivity index (χ2n) is 4.81. The van der Waals surface area contributed by atoms with E-state index in [-0.39, 0.29) is 0 Å². The average Bonchev–Trinajstić information content (AvgIpc) is 2.12. The van der Waals surface area contributed by atoms with Crippen LogP contribution in [0.25, 0.3) is 0 Å². The predicted octanol–water partition coefficient (Wildman–Crippen LogP) is 0.475. The van der Waals surface area contributed by atoms with Crippen LogP contribution < -0.4 is 11.1 Å². The maximum atomic E-state index is 13.0. The van der Waals surface area contributed by atoms with Gasteiger partial charge in [0.15, 0.2) is 0 Å². The van der Waals surface area contributed by atoms with Crippen LogP contribution in [0, 0.1) is 0 Å². The van der Waals surface area contributed by atoms with Gasteiger partial charge in [0.2, 0.25) is 0 Å². The zero-order valence-electron chi connectivity index (χ0n) is 10.7. The first kappa shape index (κ1) is 17.1. The van der Waals surface area contributed by atoms with Gasteiger partial charge in [0.25, 0.3) is 5.91 Å². The van der Waals surface area contributed by atoms with Crippen LogP contribution in [-0.2, 0) is 14.3 Å². The van der Waals surface area contributed by atoms with Crippen molar-refractivity contribution in [2.75, 3.05) is 0 Å². The van der Waals surface area contributed by atoms with E-state index >= 15 is 0 Å². The van der Waals surface area contributed by atoms with Gasteiger partial charge in [-0.05, 0) is 20.8 Å². The van der Waals surface area contributed by atoms with Crippen molar-refractivity contribution in [3.8, 4) is 0 Å². The fourth-order valence-corrected chi connectivity index (χ4v) is 1.01. The Hall–Kier alpha value is -1.93. The SMILES string of the molecule is CC(C)(C)OC(=O)NC(CC(F)(F)C(N)=O)C(=O)O. The number of hydrogen-bond donors (Lipinski definition) is 3. The minimum atomic E-state index is -4.04. The molecule has 0 bridgehead atoms. The van der Waals surface area contributed by atoms with E-state index < -0.39 is 42.0 Å². The van der Waals surface area contributed by atoms with Crippen LogP contribution in [0.15, 0.2) is 0 Å². The molecular weight excluding hydrogens is 266 g/mol. The summed E-state index contributed by atoms with van der Waals surface area (Å²) in [6, 6.07) is -1.99. The Morgan fingerprint density at radius 1 is 1.32 bits per heavy atom. The molecule has 0 radical (unpaired) electrons. The lowest BCUT2D eigenvalue weighted by Crippen LogP contribution is -2.49. The molecule has 0 aromatic rings. The molecule has 2 amide bonds. The molecule has 19 heavy (non-hydrogen) atoms. The van der Waals surface area contributed by atoms with Gasteiger partial charge in [-0.2, -0.15) is 8.78 Å². The standard InChI is InChI=1S/C10H16F2N2O5/c1-9(2,3)19-8(18)14-5(6(15)16)4-10(11,12)7(13)17/h5H,4H2,1-3H3,(H2,13,17)(H,14,18)(H,15,16). The summed E-state index contributed by atoms with van der Waals surface area (Å²) >= 11 is 0. The third kappa shape index (κ3) is 6.53. The molecule has 0 aliphatic carbocycles. The number of carboxylic acids is 1. The summed E-state index contributed by atoms with van der Waals surface area (Å²) in [5, 5.41) is 10.4. The van der Waals surface area contributed by atoms with Crippen LogP contribution in [0.4, 0.5) is 13.6 Å². The molecule has 4 N–H and O–H groups in total. The van der Waals surface area contributed by atoms with Crippen LogP contribution in [0.5, 0.6) is 0 Å². The maximum absolute atomic E-state index is 13.0. The number of alkyl halides is 2. The summed E-state index contributed by atoms with van der Waals surface area (Å²) < 4.78 is 30.7. The molecule has 1 atom stereocenters. The Morgan fingerprint density at radius 2 is 1.79 bits per heavy atom. The maximum Gasteiger partial charge on any atom is 0.408 e. The summed E-state index contributed by atoms with van der Waals surface area (Å²) in [4.78, 5) is 32.4. The van der Waals surface area contributed by atoms with Crippen LogP contribution in [-0.4, -0.2) is 40.6 Å². The van der Waals surface area contributed by atoms with Gasteiger partial charge < -0.3 is 20.9 Å². The van der Waals surface area contributed by atoms with E-state index in [1.807, 2.05) is 0 Å². The van der Waals surface area contributed by atoms with E-state index in [0.717, 1.165) is 0 Å². The number of carbonyl (C=O) groups excluding carboxylic acids is 2. The third-order valence-corrected chi connectivity index (χ3v) is 1.81. The highest BCUT2D eigenvalue weighted by Gasteiger charge is 2.42. The fourth-order valence-electron chi connectivity index (χ4n) is 1.01. The number of halogens is 2. The monoisotopic (exact) mass is 282 g/mol. The Bertz CT molecular complexity index is 379. The number of hydrogen-bond acceptors (Lipinski definition) is 4.